The fraction of sp³-hybridized carbons (Fsp3) is 0.0500. The topological polar surface area (TPSA) is 93.7 Å². The summed E-state index contributed by atoms with van der Waals surface area (Å²) in [4.78, 5) is 12.2. The van der Waals surface area contributed by atoms with E-state index in [0.717, 1.165) is 12.1 Å². The third-order valence-electron chi connectivity index (χ3n) is 4.24. The monoisotopic (exact) mass is 448 g/mol. The Labute approximate surface area is 176 Å². The molecule has 7 nitrogen and oxygen atoms in total. The number of halogens is 2. The summed E-state index contributed by atoms with van der Waals surface area (Å²) in [5.41, 5.74) is 0.393. The normalized spacial score (nSPS) is 12.5. The molecule has 2 N–H and O–H groups in total. The molecule has 0 aliphatic carbocycles. The van der Waals surface area contributed by atoms with E-state index in [2.05, 4.69) is 10.0 Å². The SMILES string of the molecule is O=C(Nc1cc(Cl)ccc1NS(=O)(=O)c1ccccc1F)c1ccc2c(c1)OCO2. The minimum atomic E-state index is -4.24. The molecule has 3 aromatic carbocycles. The maximum absolute atomic E-state index is 14.0. The first kappa shape index (κ1) is 20.0. The fourth-order valence-electron chi connectivity index (χ4n) is 2.80. The quantitative estimate of drug-likeness (QED) is 0.608. The number of rotatable bonds is 5. The molecule has 0 saturated heterocycles. The summed E-state index contributed by atoms with van der Waals surface area (Å²) in [7, 11) is -4.24. The molecule has 0 atom stereocenters. The summed E-state index contributed by atoms with van der Waals surface area (Å²) in [6, 6.07) is 13.8. The number of anilines is 2. The van der Waals surface area contributed by atoms with Gasteiger partial charge in [-0.2, -0.15) is 0 Å². The predicted molar refractivity (Wildman–Crippen MR) is 109 cm³/mol. The largest absolute Gasteiger partial charge is 0.454 e. The van der Waals surface area contributed by atoms with E-state index in [-0.39, 0.29) is 28.8 Å². The number of hydrogen-bond acceptors (Lipinski definition) is 5. The Kier molecular flexibility index (Phi) is 5.23. The third kappa shape index (κ3) is 4.03. The molecule has 10 heteroatoms. The standard InChI is InChI=1S/C20H14ClFN2O5S/c21-13-6-7-15(24-30(26,27)19-4-2-1-3-14(19)22)16(10-13)23-20(25)12-5-8-17-18(9-12)29-11-28-17/h1-10,24H,11H2,(H,23,25). The molecule has 1 heterocycles. The fourth-order valence-corrected chi connectivity index (χ4v) is 4.14. The van der Waals surface area contributed by atoms with Gasteiger partial charge in [0.25, 0.3) is 15.9 Å². The first-order valence-corrected chi connectivity index (χ1v) is 10.5. The first-order chi connectivity index (χ1) is 14.3. The van der Waals surface area contributed by atoms with E-state index < -0.39 is 26.6 Å². The van der Waals surface area contributed by atoms with Gasteiger partial charge in [0.1, 0.15) is 10.7 Å². The lowest BCUT2D eigenvalue weighted by molar-refractivity contribution is 0.102. The van der Waals surface area contributed by atoms with Gasteiger partial charge in [-0.3, -0.25) is 9.52 Å². The average Bonchev–Trinajstić information content (AvgIpc) is 3.18. The van der Waals surface area contributed by atoms with E-state index >= 15 is 0 Å². The summed E-state index contributed by atoms with van der Waals surface area (Å²) >= 11 is 6.01. The number of amides is 1. The Bertz CT molecular complexity index is 1250. The molecule has 1 amide bonds. The van der Waals surface area contributed by atoms with Crippen LogP contribution in [0.3, 0.4) is 0 Å². The van der Waals surface area contributed by atoms with E-state index in [1.54, 1.807) is 6.07 Å². The van der Waals surface area contributed by atoms with Gasteiger partial charge in [0.2, 0.25) is 6.79 Å². The molecule has 1 aliphatic rings. The van der Waals surface area contributed by atoms with E-state index in [4.69, 9.17) is 21.1 Å². The lowest BCUT2D eigenvalue weighted by atomic mass is 10.1. The second-order valence-electron chi connectivity index (χ2n) is 6.25. The smallest absolute Gasteiger partial charge is 0.264 e. The van der Waals surface area contributed by atoms with Crippen LogP contribution in [-0.4, -0.2) is 21.1 Å². The number of sulfonamides is 1. The van der Waals surface area contributed by atoms with Crippen LogP contribution < -0.4 is 19.5 Å². The molecule has 0 unspecified atom stereocenters. The van der Waals surface area contributed by atoms with Gasteiger partial charge in [0, 0.05) is 10.6 Å². The van der Waals surface area contributed by atoms with Crippen molar-refractivity contribution in [3.8, 4) is 11.5 Å². The van der Waals surface area contributed by atoms with Crippen LogP contribution in [-0.2, 0) is 10.0 Å². The maximum atomic E-state index is 14.0. The third-order valence-corrected chi connectivity index (χ3v) is 5.87. The van der Waals surface area contributed by atoms with Crippen LogP contribution in [0.25, 0.3) is 0 Å². The minimum Gasteiger partial charge on any atom is -0.454 e. The van der Waals surface area contributed by atoms with Gasteiger partial charge in [-0.15, -0.1) is 0 Å². The molecule has 0 spiro atoms. The molecular formula is C20H14ClFN2O5S. The zero-order chi connectivity index (χ0) is 21.3. The molecule has 30 heavy (non-hydrogen) atoms. The van der Waals surface area contributed by atoms with E-state index in [0.29, 0.717) is 11.5 Å². The Balaban J connectivity index is 1.62. The second kappa shape index (κ2) is 7.85. The highest BCUT2D eigenvalue weighted by Gasteiger charge is 2.21. The number of carbonyl (C=O) groups excluding carboxylic acids is 1. The van der Waals surface area contributed by atoms with Crippen molar-refractivity contribution in [1.82, 2.24) is 0 Å². The van der Waals surface area contributed by atoms with Crippen molar-refractivity contribution in [1.29, 1.82) is 0 Å². The van der Waals surface area contributed by atoms with Gasteiger partial charge >= 0.3 is 0 Å². The molecule has 4 rings (SSSR count). The van der Waals surface area contributed by atoms with Gasteiger partial charge in [0.05, 0.1) is 11.4 Å². The molecular weight excluding hydrogens is 435 g/mol. The minimum absolute atomic E-state index is 0.0248. The number of ether oxygens (including phenoxy) is 2. The predicted octanol–water partition coefficient (Wildman–Crippen LogP) is 4.26. The van der Waals surface area contributed by atoms with Gasteiger partial charge < -0.3 is 14.8 Å². The van der Waals surface area contributed by atoms with E-state index in [1.165, 1.54) is 42.5 Å². The summed E-state index contributed by atoms with van der Waals surface area (Å²) in [6.45, 7) is 0.0661. The second-order valence-corrected chi connectivity index (χ2v) is 8.34. The van der Waals surface area contributed by atoms with Crippen molar-refractivity contribution in [3.05, 3.63) is 77.1 Å². The van der Waals surface area contributed by atoms with Gasteiger partial charge in [0.15, 0.2) is 11.5 Å². The first-order valence-electron chi connectivity index (χ1n) is 8.61. The lowest BCUT2D eigenvalue weighted by Crippen LogP contribution is -2.18. The highest BCUT2D eigenvalue weighted by molar-refractivity contribution is 7.92. The summed E-state index contributed by atoms with van der Waals surface area (Å²) in [6.07, 6.45) is 0. The number of carbonyl (C=O) groups is 1. The summed E-state index contributed by atoms with van der Waals surface area (Å²) in [5, 5.41) is 2.88. The van der Waals surface area contributed by atoms with Crippen LogP contribution in [0.2, 0.25) is 5.02 Å². The summed E-state index contributed by atoms with van der Waals surface area (Å²) in [5.74, 6) is -0.478. The number of nitrogens with one attached hydrogen (secondary N) is 2. The van der Waals surface area contributed by atoms with Crippen molar-refractivity contribution in [2.45, 2.75) is 4.90 Å². The number of hydrogen-bond donors (Lipinski definition) is 2. The summed E-state index contributed by atoms with van der Waals surface area (Å²) < 4.78 is 51.9. The Morgan fingerprint density at radius 2 is 1.73 bits per heavy atom. The van der Waals surface area contributed by atoms with Crippen molar-refractivity contribution in [2.24, 2.45) is 0 Å². The lowest BCUT2D eigenvalue weighted by Gasteiger charge is -2.14. The van der Waals surface area contributed by atoms with Crippen molar-refractivity contribution in [3.63, 3.8) is 0 Å². The average molecular weight is 449 g/mol. The molecule has 0 aromatic heterocycles. The van der Waals surface area contributed by atoms with Crippen molar-refractivity contribution >= 4 is 38.9 Å². The van der Waals surface area contributed by atoms with Crippen LogP contribution in [0, 0.1) is 5.82 Å². The molecule has 0 radical (unpaired) electrons. The molecule has 0 fully saturated rings. The van der Waals surface area contributed by atoms with E-state index in [9.17, 15) is 17.6 Å². The van der Waals surface area contributed by atoms with Crippen LogP contribution in [0.1, 0.15) is 10.4 Å². The zero-order valence-corrected chi connectivity index (χ0v) is 16.8. The number of benzene rings is 3. The van der Waals surface area contributed by atoms with E-state index in [1.807, 2.05) is 0 Å². The Hall–Kier alpha value is -3.30. The van der Waals surface area contributed by atoms with Gasteiger partial charge in [-0.05, 0) is 48.5 Å². The molecule has 154 valence electrons. The molecule has 3 aromatic rings. The Morgan fingerprint density at radius 1 is 0.967 bits per heavy atom. The molecule has 0 saturated carbocycles. The van der Waals surface area contributed by atoms with Gasteiger partial charge in [-0.1, -0.05) is 23.7 Å². The molecule has 0 bridgehead atoms. The highest BCUT2D eigenvalue weighted by Crippen LogP contribution is 2.33. The zero-order valence-electron chi connectivity index (χ0n) is 15.2. The van der Waals surface area contributed by atoms with Gasteiger partial charge in [-0.25, -0.2) is 12.8 Å². The Morgan fingerprint density at radius 3 is 2.53 bits per heavy atom. The van der Waals surface area contributed by atoms with Crippen molar-refractivity contribution in [2.75, 3.05) is 16.8 Å². The maximum Gasteiger partial charge on any atom is 0.264 e. The van der Waals surface area contributed by atoms with Crippen LogP contribution in [0.5, 0.6) is 11.5 Å². The van der Waals surface area contributed by atoms with Crippen LogP contribution >= 0.6 is 11.6 Å². The molecule has 1 aliphatic heterocycles. The van der Waals surface area contributed by atoms with Crippen LogP contribution in [0.15, 0.2) is 65.6 Å². The van der Waals surface area contributed by atoms with Crippen molar-refractivity contribution < 1.29 is 27.1 Å². The highest BCUT2D eigenvalue weighted by atomic mass is 35.5. The van der Waals surface area contributed by atoms with Crippen LogP contribution in [0.4, 0.5) is 15.8 Å². The number of fused-ring (bicyclic) bond motifs is 1.